The summed E-state index contributed by atoms with van der Waals surface area (Å²) in [5.41, 5.74) is 0.909. The molecule has 0 N–H and O–H groups in total. The molecule has 2 aromatic rings. The van der Waals surface area contributed by atoms with Crippen molar-refractivity contribution in [2.45, 2.75) is 19.4 Å². The normalized spacial score (nSPS) is 10.0. The number of nitrogens with zero attached hydrogens (tertiary/aromatic N) is 2. The monoisotopic (exact) mass is 298 g/mol. The molecule has 1 aromatic carbocycles. The van der Waals surface area contributed by atoms with Gasteiger partial charge in [-0.25, -0.2) is 0 Å². The zero-order valence-corrected chi connectivity index (χ0v) is 12.5. The first-order chi connectivity index (χ1) is 10.7. The van der Waals surface area contributed by atoms with Crippen LogP contribution in [-0.2, 0) is 17.8 Å². The van der Waals surface area contributed by atoms with Crippen LogP contribution < -0.4 is 4.74 Å². The Morgan fingerprint density at radius 2 is 2.09 bits per heavy atom. The molecule has 0 saturated heterocycles. The van der Waals surface area contributed by atoms with Crippen molar-refractivity contribution in [3.8, 4) is 11.8 Å². The molecule has 0 bridgehead atoms. The van der Waals surface area contributed by atoms with E-state index < -0.39 is 0 Å². The quantitative estimate of drug-likeness (QED) is 0.788. The van der Waals surface area contributed by atoms with E-state index in [2.05, 4.69) is 6.07 Å². The van der Waals surface area contributed by atoms with E-state index in [1.807, 2.05) is 30.3 Å². The number of methoxy groups -OCH3 is 1. The Balaban J connectivity index is 2.02. The Morgan fingerprint density at radius 3 is 2.68 bits per heavy atom. The van der Waals surface area contributed by atoms with Crippen molar-refractivity contribution in [2.75, 3.05) is 13.7 Å². The minimum atomic E-state index is -0.0307. The predicted molar refractivity (Wildman–Crippen MR) is 81.1 cm³/mol. The number of rotatable bonds is 7. The number of carbonyl (C=O) groups is 1. The third-order valence-corrected chi connectivity index (χ3v) is 3.29. The number of hydrogen-bond acceptors (Lipinski definition) is 4. The van der Waals surface area contributed by atoms with Gasteiger partial charge < -0.3 is 14.1 Å². The van der Waals surface area contributed by atoms with Crippen LogP contribution in [0.25, 0.3) is 0 Å². The van der Waals surface area contributed by atoms with Gasteiger partial charge in [0.25, 0.3) is 0 Å². The van der Waals surface area contributed by atoms with Crippen LogP contribution >= 0.6 is 0 Å². The van der Waals surface area contributed by atoms with Gasteiger partial charge in [-0.2, -0.15) is 5.26 Å². The van der Waals surface area contributed by atoms with Crippen LogP contribution in [0, 0.1) is 11.3 Å². The molecular weight excluding hydrogens is 280 g/mol. The summed E-state index contributed by atoms with van der Waals surface area (Å²) in [4.78, 5) is 14.1. The molecule has 0 aliphatic carbocycles. The first-order valence-corrected chi connectivity index (χ1v) is 7.03. The highest BCUT2D eigenvalue weighted by Crippen LogP contribution is 2.14. The molecule has 0 spiro atoms. The molecule has 1 amide bonds. The van der Waals surface area contributed by atoms with E-state index in [9.17, 15) is 4.79 Å². The van der Waals surface area contributed by atoms with E-state index in [4.69, 9.17) is 14.4 Å². The fourth-order valence-corrected chi connectivity index (χ4v) is 2.10. The van der Waals surface area contributed by atoms with E-state index in [-0.39, 0.29) is 12.3 Å². The minimum Gasteiger partial charge on any atom is -0.497 e. The fraction of sp³-hybridized carbons (Fsp3) is 0.294. The first-order valence-electron chi connectivity index (χ1n) is 7.03. The Bertz CT molecular complexity index is 627. The van der Waals surface area contributed by atoms with Crippen molar-refractivity contribution in [2.24, 2.45) is 0 Å². The third kappa shape index (κ3) is 4.38. The molecule has 0 atom stereocenters. The maximum absolute atomic E-state index is 12.4. The van der Waals surface area contributed by atoms with Gasteiger partial charge in [-0.05, 0) is 29.8 Å². The number of amides is 1. The van der Waals surface area contributed by atoms with Crippen LogP contribution in [0.3, 0.4) is 0 Å². The Morgan fingerprint density at radius 1 is 1.32 bits per heavy atom. The smallest absolute Gasteiger partial charge is 0.227 e. The topological polar surface area (TPSA) is 66.5 Å². The number of carbonyl (C=O) groups excluding carboxylic acids is 1. The lowest BCUT2D eigenvalue weighted by molar-refractivity contribution is -0.131. The molecule has 2 rings (SSSR count). The summed E-state index contributed by atoms with van der Waals surface area (Å²) in [6.45, 7) is 0.774. The summed E-state index contributed by atoms with van der Waals surface area (Å²) in [5, 5.41) is 8.75. The second-order valence-electron chi connectivity index (χ2n) is 4.83. The summed E-state index contributed by atoms with van der Waals surface area (Å²) in [6, 6.07) is 13.1. The average Bonchev–Trinajstić information content (AvgIpc) is 3.05. The number of hydrogen-bond donors (Lipinski definition) is 0. The van der Waals surface area contributed by atoms with E-state index >= 15 is 0 Å². The molecule has 0 aliphatic rings. The molecule has 22 heavy (non-hydrogen) atoms. The zero-order chi connectivity index (χ0) is 15.8. The van der Waals surface area contributed by atoms with Gasteiger partial charge in [0.05, 0.1) is 38.8 Å². The second-order valence-corrected chi connectivity index (χ2v) is 4.83. The first kappa shape index (κ1) is 15.6. The van der Waals surface area contributed by atoms with Gasteiger partial charge in [-0.15, -0.1) is 0 Å². The van der Waals surface area contributed by atoms with E-state index in [1.165, 1.54) is 0 Å². The Hall–Kier alpha value is -2.74. The van der Waals surface area contributed by atoms with Crippen molar-refractivity contribution < 1.29 is 13.9 Å². The molecule has 0 fully saturated rings. The average molecular weight is 298 g/mol. The van der Waals surface area contributed by atoms with Crippen LogP contribution in [0.4, 0.5) is 0 Å². The minimum absolute atomic E-state index is 0.0307. The predicted octanol–water partition coefficient (Wildman–Crippen LogP) is 2.77. The van der Waals surface area contributed by atoms with Gasteiger partial charge in [0.1, 0.15) is 11.5 Å². The zero-order valence-electron chi connectivity index (χ0n) is 12.5. The highest BCUT2D eigenvalue weighted by Gasteiger charge is 2.15. The number of ether oxygens (including phenoxy) is 1. The summed E-state index contributed by atoms with van der Waals surface area (Å²) in [6.07, 6.45) is 2.16. The summed E-state index contributed by atoms with van der Waals surface area (Å²) < 4.78 is 10.4. The van der Waals surface area contributed by atoms with Crippen molar-refractivity contribution in [3.63, 3.8) is 0 Å². The van der Waals surface area contributed by atoms with Gasteiger partial charge >= 0.3 is 0 Å². The molecule has 0 radical (unpaired) electrons. The van der Waals surface area contributed by atoms with E-state index in [1.54, 1.807) is 24.3 Å². The van der Waals surface area contributed by atoms with Crippen molar-refractivity contribution in [1.82, 2.24) is 4.90 Å². The summed E-state index contributed by atoms with van der Waals surface area (Å²) >= 11 is 0. The SMILES string of the molecule is COc1ccc(CC(=O)N(CCC#N)Cc2ccco2)cc1. The lowest BCUT2D eigenvalue weighted by atomic mass is 10.1. The molecule has 0 unspecified atom stereocenters. The maximum Gasteiger partial charge on any atom is 0.227 e. The standard InChI is InChI=1S/C17H18N2O3/c1-21-15-7-5-14(6-8-15)12-17(20)19(10-3-9-18)13-16-4-2-11-22-16/h2,4-8,11H,3,10,12-13H2,1H3. The molecule has 5 heteroatoms. The molecule has 0 aliphatic heterocycles. The lowest BCUT2D eigenvalue weighted by Crippen LogP contribution is -2.32. The Labute approximate surface area is 129 Å². The largest absolute Gasteiger partial charge is 0.497 e. The molecule has 1 aromatic heterocycles. The number of nitriles is 1. The molecule has 1 heterocycles. The van der Waals surface area contributed by atoms with Crippen LogP contribution in [0.5, 0.6) is 5.75 Å². The van der Waals surface area contributed by atoms with Gasteiger partial charge in [0.15, 0.2) is 0 Å². The molecule has 114 valence electrons. The molecule has 0 saturated carbocycles. The van der Waals surface area contributed by atoms with Gasteiger partial charge in [-0.3, -0.25) is 4.79 Å². The number of benzene rings is 1. The maximum atomic E-state index is 12.4. The second kappa shape index (κ2) is 7.89. The summed E-state index contributed by atoms with van der Waals surface area (Å²) in [5.74, 6) is 1.44. The van der Waals surface area contributed by atoms with Crippen molar-refractivity contribution in [1.29, 1.82) is 5.26 Å². The van der Waals surface area contributed by atoms with Crippen LogP contribution in [0.2, 0.25) is 0 Å². The van der Waals surface area contributed by atoms with Crippen LogP contribution in [0.1, 0.15) is 17.7 Å². The fourth-order valence-electron chi connectivity index (χ4n) is 2.10. The Kier molecular flexibility index (Phi) is 5.61. The molecule has 5 nitrogen and oxygen atoms in total. The van der Waals surface area contributed by atoms with Crippen molar-refractivity contribution >= 4 is 5.91 Å². The van der Waals surface area contributed by atoms with Crippen molar-refractivity contribution in [3.05, 3.63) is 54.0 Å². The van der Waals surface area contributed by atoms with E-state index in [0.717, 1.165) is 11.3 Å². The van der Waals surface area contributed by atoms with Crippen LogP contribution in [0.15, 0.2) is 47.1 Å². The van der Waals surface area contributed by atoms with Gasteiger partial charge in [0.2, 0.25) is 5.91 Å². The van der Waals surface area contributed by atoms with Gasteiger partial charge in [-0.1, -0.05) is 12.1 Å². The highest BCUT2D eigenvalue weighted by atomic mass is 16.5. The van der Waals surface area contributed by atoms with Crippen LogP contribution in [-0.4, -0.2) is 24.5 Å². The third-order valence-electron chi connectivity index (χ3n) is 3.29. The number of furan rings is 1. The van der Waals surface area contributed by atoms with Gasteiger partial charge in [0, 0.05) is 6.54 Å². The molecular formula is C17H18N2O3. The lowest BCUT2D eigenvalue weighted by Gasteiger charge is -2.20. The van der Waals surface area contributed by atoms with E-state index in [0.29, 0.717) is 25.3 Å². The summed E-state index contributed by atoms with van der Waals surface area (Å²) in [7, 11) is 1.60. The highest BCUT2D eigenvalue weighted by molar-refractivity contribution is 5.78.